The van der Waals surface area contributed by atoms with Gasteiger partial charge < -0.3 is 9.80 Å². The zero-order valence-electron chi connectivity index (χ0n) is 18.1. The van der Waals surface area contributed by atoms with Crippen LogP contribution in [-0.4, -0.2) is 51.7 Å². The van der Waals surface area contributed by atoms with Crippen LogP contribution in [0.25, 0.3) is 15.9 Å². The second-order valence-corrected chi connectivity index (χ2v) is 9.44. The molecule has 1 saturated heterocycles. The van der Waals surface area contributed by atoms with Crippen molar-refractivity contribution in [2.24, 2.45) is 0 Å². The van der Waals surface area contributed by atoms with Gasteiger partial charge in [-0.25, -0.2) is 9.07 Å². The number of fused-ring (bicyclic) bond motifs is 1. The highest BCUT2D eigenvalue weighted by molar-refractivity contribution is 7.20. The average Bonchev–Trinajstić information content (AvgIpc) is 3.40. The molecule has 3 heterocycles. The number of carbonyl (C=O) groups excluding carboxylic acids is 1. The zero-order valence-corrected chi connectivity index (χ0v) is 19.6. The van der Waals surface area contributed by atoms with Crippen LogP contribution in [0.3, 0.4) is 0 Å². The van der Waals surface area contributed by atoms with Crippen LogP contribution in [0.4, 0.5) is 15.8 Å². The van der Waals surface area contributed by atoms with Gasteiger partial charge in [-0.3, -0.25) is 14.9 Å². The summed E-state index contributed by atoms with van der Waals surface area (Å²) in [5, 5.41) is 17.2. The molecular weight excluding hydrogens is 481 g/mol. The highest BCUT2D eigenvalue weighted by Crippen LogP contribution is 2.33. The Balaban J connectivity index is 1.35. The maximum Gasteiger partial charge on any atom is 0.294 e. The van der Waals surface area contributed by atoms with Gasteiger partial charge in [0.25, 0.3) is 11.6 Å². The number of rotatable bonds is 4. The number of anilines is 1. The van der Waals surface area contributed by atoms with Gasteiger partial charge in [-0.2, -0.15) is 5.10 Å². The van der Waals surface area contributed by atoms with E-state index in [0.29, 0.717) is 41.8 Å². The average molecular weight is 500 g/mol. The smallest absolute Gasteiger partial charge is 0.294 e. The van der Waals surface area contributed by atoms with Gasteiger partial charge in [0.05, 0.1) is 21.2 Å². The Bertz CT molecular complexity index is 1410. The van der Waals surface area contributed by atoms with E-state index in [1.165, 1.54) is 29.5 Å². The molecule has 1 amide bonds. The van der Waals surface area contributed by atoms with Crippen molar-refractivity contribution in [3.05, 3.63) is 80.1 Å². The van der Waals surface area contributed by atoms with Crippen LogP contribution in [-0.2, 0) is 0 Å². The van der Waals surface area contributed by atoms with Crippen LogP contribution in [0.2, 0.25) is 5.02 Å². The first kappa shape index (κ1) is 22.3. The number of hydrogen-bond donors (Lipinski definition) is 0. The van der Waals surface area contributed by atoms with Gasteiger partial charge >= 0.3 is 0 Å². The minimum atomic E-state index is -0.442. The van der Waals surface area contributed by atoms with Crippen molar-refractivity contribution in [3.63, 3.8) is 0 Å². The largest absolute Gasteiger partial charge is 0.362 e. The van der Waals surface area contributed by atoms with Crippen LogP contribution < -0.4 is 4.90 Å². The molecule has 0 atom stereocenters. The number of nitro benzene ring substituents is 1. The van der Waals surface area contributed by atoms with E-state index in [1.54, 1.807) is 33.8 Å². The van der Waals surface area contributed by atoms with Gasteiger partial charge in [-0.05, 0) is 49.4 Å². The first-order valence-corrected chi connectivity index (χ1v) is 11.7. The molecule has 4 aromatic rings. The van der Waals surface area contributed by atoms with E-state index in [2.05, 4.69) is 5.10 Å². The lowest BCUT2D eigenvalue weighted by atomic mass is 10.2. The Morgan fingerprint density at radius 3 is 2.50 bits per heavy atom. The summed E-state index contributed by atoms with van der Waals surface area (Å²) in [7, 11) is 0. The molecule has 0 aliphatic carbocycles. The second-order valence-electron chi connectivity index (χ2n) is 7.97. The number of piperazine rings is 1. The van der Waals surface area contributed by atoms with Crippen molar-refractivity contribution in [1.82, 2.24) is 14.7 Å². The summed E-state index contributed by atoms with van der Waals surface area (Å²) in [6, 6.07) is 12.5. The van der Waals surface area contributed by atoms with Crippen molar-refractivity contribution < 1.29 is 14.1 Å². The molecule has 0 spiro atoms. The molecule has 2 aromatic heterocycles. The third-order valence-corrected chi connectivity index (χ3v) is 7.20. The summed E-state index contributed by atoms with van der Waals surface area (Å²) in [6.45, 7) is 3.70. The molecule has 1 aliphatic rings. The molecule has 5 rings (SSSR count). The molecule has 2 aromatic carbocycles. The molecule has 0 N–H and O–H groups in total. The first-order chi connectivity index (χ1) is 16.3. The summed E-state index contributed by atoms with van der Waals surface area (Å²) in [5.41, 5.74) is 1.96. The lowest BCUT2D eigenvalue weighted by Gasteiger charge is -2.35. The van der Waals surface area contributed by atoms with Crippen LogP contribution in [0.15, 0.2) is 48.5 Å². The fourth-order valence-corrected chi connectivity index (χ4v) is 5.44. The molecule has 0 unspecified atom stereocenters. The summed E-state index contributed by atoms with van der Waals surface area (Å²) in [6.07, 6.45) is 0. The number of halogens is 2. The van der Waals surface area contributed by atoms with E-state index < -0.39 is 4.92 Å². The van der Waals surface area contributed by atoms with Gasteiger partial charge in [-0.15, -0.1) is 11.3 Å². The maximum absolute atomic E-state index is 13.3. The van der Waals surface area contributed by atoms with Gasteiger partial charge in [0.2, 0.25) is 0 Å². The number of thiophene rings is 1. The van der Waals surface area contributed by atoms with Crippen LogP contribution in [0, 0.1) is 22.9 Å². The van der Waals surface area contributed by atoms with Crippen LogP contribution in [0.5, 0.6) is 0 Å². The molecule has 0 radical (unpaired) electrons. The number of aromatic nitrogens is 2. The molecule has 11 heteroatoms. The lowest BCUT2D eigenvalue weighted by molar-refractivity contribution is -0.384. The van der Waals surface area contributed by atoms with Crippen LogP contribution >= 0.6 is 22.9 Å². The third-order valence-electron chi connectivity index (χ3n) is 5.87. The van der Waals surface area contributed by atoms with E-state index >= 15 is 0 Å². The fraction of sp³-hybridized carbons (Fsp3) is 0.217. The van der Waals surface area contributed by atoms with Crippen molar-refractivity contribution >= 4 is 50.4 Å². The number of benzene rings is 2. The number of amides is 1. The van der Waals surface area contributed by atoms with Crippen molar-refractivity contribution in [3.8, 4) is 5.69 Å². The minimum Gasteiger partial charge on any atom is -0.362 e. The third kappa shape index (κ3) is 3.99. The standard InChI is InChI=1S/C23H19ClFN5O3S/c1-14-18-13-21(34-23(18)29(26-14)17-5-3-16(25)4-6-17)22(31)28-10-8-27(9-11-28)19-7-2-15(24)12-20(19)30(32)33/h2-7,12-13H,8-11H2,1H3. The molecule has 0 bridgehead atoms. The number of hydrogen-bond acceptors (Lipinski definition) is 6. The molecule has 34 heavy (non-hydrogen) atoms. The lowest BCUT2D eigenvalue weighted by Crippen LogP contribution is -2.48. The quantitative estimate of drug-likeness (QED) is 0.289. The molecule has 1 aliphatic heterocycles. The van der Waals surface area contributed by atoms with Crippen LogP contribution in [0.1, 0.15) is 15.4 Å². The Hall–Kier alpha value is -3.50. The van der Waals surface area contributed by atoms with Crippen molar-refractivity contribution in [1.29, 1.82) is 0 Å². The highest BCUT2D eigenvalue weighted by Gasteiger charge is 2.28. The van der Waals surface area contributed by atoms with Gasteiger partial charge in [0, 0.05) is 42.7 Å². The first-order valence-electron chi connectivity index (χ1n) is 10.5. The summed E-state index contributed by atoms with van der Waals surface area (Å²) in [4.78, 5) is 29.3. The number of carbonyl (C=O) groups is 1. The maximum atomic E-state index is 13.3. The summed E-state index contributed by atoms with van der Waals surface area (Å²) >= 11 is 7.28. The number of nitro groups is 1. The van der Waals surface area contributed by atoms with Gasteiger partial charge in [0.15, 0.2) is 0 Å². The SMILES string of the molecule is Cc1nn(-c2ccc(F)cc2)c2sc(C(=O)N3CCN(c4ccc(Cl)cc4[N+](=O)[O-])CC3)cc12. The Kier molecular flexibility index (Phi) is 5.70. The molecule has 1 fully saturated rings. The van der Waals surface area contributed by atoms with E-state index in [9.17, 15) is 19.3 Å². The molecule has 174 valence electrons. The van der Waals surface area contributed by atoms with E-state index in [0.717, 1.165) is 21.6 Å². The Morgan fingerprint density at radius 2 is 1.82 bits per heavy atom. The highest BCUT2D eigenvalue weighted by atomic mass is 35.5. The Morgan fingerprint density at radius 1 is 1.12 bits per heavy atom. The monoisotopic (exact) mass is 499 g/mol. The van der Waals surface area contributed by atoms with E-state index in [4.69, 9.17) is 11.6 Å². The van der Waals surface area contributed by atoms with E-state index in [-0.39, 0.29) is 17.4 Å². The number of nitrogens with zero attached hydrogens (tertiary/aromatic N) is 5. The van der Waals surface area contributed by atoms with Gasteiger partial charge in [0.1, 0.15) is 16.3 Å². The summed E-state index contributed by atoms with van der Waals surface area (Å²) < 4.78 is 15.1. The molecular formula is C23H19ClFN5O3S. The zero-order chi connectivity index (χ0) is 24.0. The normalized spacial score (nSPS) is 14.1. The number of aryl methyl sites for hydroxylation is 1. The predicted molar refractivity (Wildman–Crippen MR) is 130 cm³/mol. The van der Waals surface area contributed by atoms with Gasteiger partial charge in [-0.1, -0.05) is 11.6 Å². The topological polar surface area (TPSA) is 84.5 Å². The minimum absolute atomic E-state index is 0.0439. The van der Waals surface area contributed by atoms with Crippen molar-refractivity contribution in [2.75, 3.05) is 31.1 Å². The summed E-state index contributed by atoms with van der Waals surface area (Å²) in [5.74, 6) is -0.412. The molecule has 8 nitrogen and oxygen atoms in total. The molecule has 0 saturated carbocycles. The Labute approximate surface area is 202 Å². The second kappa shape index (κ2) is 8.69. The predicted octanol–water partition coefficient (Wildman–Crippen LogP) is 5.06. The van der Waals surface area contributed by atoms with E-state index in [1.807, 2.05) is 17.9 Å². The van der Waals surface area contributed by atoms with Crippen molar-refractivity contribution in [2.45, 2.75) is 6.92 Å². The fourth-order valence-electron chi connectivity index (χ4n) is 4.13.